The number of thiophene rings is 1. The number of rotatable bonds is 4. The van der Waals surface area contributed by atoms with Crippen LogP contribution in [0.3, 0.4) is 0 Å². The molecule has 0 spiro atoms. The van der Waals surface area contributed by atoms with Crippen LogP contribution in [0.5, 0.6) is 0 Å². The van der Waals surface area contributed by atoms with Gasteiger partial charge >= 0.3 is 0 Å². The maximum atomic E-state index is 13.1. The second kappa shape index (κ2) is 6.09. The zero-order valence-corrected chi connectivity index (χ0v) is 14.0. The molecule has 2 aromatic rings. The first kappa shape index (κ1) is 14.9. The van der Waals surface area contributed by atoms with E-state index in [1.165, 1.54) is 4.88 Å². The third-order valence-electron chi connectivity index (χ3n) is 5.18. The van der Waals surface area contributed by atoms with E-state index in [-0.39, 0.29) is 5.91 Å². The van der Waals surface area contributed by atoms with Crippen molar-refractivity contribution in [2.24, 2.45) is 0 Å². The normalized spacial score (nSPS) is 21.1. The van der Waals surface area contributed by atoms with Crippen LogP contribution >= 0.6 is 11.3 Å². The SMILES string of the molecule is O=C(N1CCC1)C1(n2ccnc2)CCN(Cc2cccs2)CC1. The summed E-state index contributed by atoms with van der Waals surface area (Å²) in [6.07, 6.45) is 8.41. The summed E-state index contributed by atoms with van der Waals surface area (Å²) in [7, 11) is 0. The van der Waals surface area contributed by atoms with Gasteiger partial charge in [0.1, 0.15) is 5.54 Å². The molecule has 23 heavy (non-hydrogen) atoms. The fourth-order valence-corrected chi connectivity index (χ4v) is 4.36. The topological polar surface area (TPSA) is 41.4 Å². The van der Waals surface area contributed by atoms with Gasteiger partial charge in [0.2, 0.25) is 5.91 Å². The van der Waals surface area contributed by atoms with Gasteiger partial charge in [-0.3, -0.25) is 9.69 Å². The maximum absolute atomic E-state index is 13.1. The molecular weight excluding hydrogens is 308 g/mol. The fraction of sp³-hybridized carbons (Fsp3) is 0.529. The molecule has 0 unspecified atom stereocenters. The van der Waals surface area contributed by atoms with Crippen LogP contribution in [-0.4, -0.2) is 51.4 Å². The van der Waals surface area contributed by atoms with Crippen LogP contribution in [0.4, 0.5) is 0 Å². The lowest BCUT2D eigenvalue weighted by atomic mass is 9.84. The van der Waals surface area contributed by atoms with Gasteiger partial charge in [-0.05, 0) is 30.7 Å². The smallest absolute Gasteiger partial charge is 0.248 e. The average molecular weight is 330 g/mol. The molecule has 0 bridgehead atoms. The van der Waals surface area contributed by atoms with Gasteiger partial charge in [0.05, 0.1) is 6.33 Å². The number of nitrogens with zero attached hydrogens (tertiary/aromatic N) is 4. The highest BCUT2D eigenvalue weighted by Gasteiger charge is 2.46. The first-order chi connectivity index (χ1) is 11.3. The third-order valence-corrected chi connectivity index (χ3v) is 6.04. The van der Waals surface area contributed by atoms with Crippen molar-refractivity contribution in [1.29, 1.82) is 0 Å². The molecule has 6 heteroatoms. The predicted molar refractivity (Wildman–Crippen MR) is 90.2 cm³/mol. The van der Waals surface area contributed by atoms with E-state index in [2.05, 4.69) is 32.0 Å². The molecule has 0 radical (unpaired) electrons. The molecule has 2 fully saturated rings. The average Bonchev–Trinajstić information content (AvgIpc) is 3.19. The van der Waals surface area contributed by atoms with Crippen molar-refractivity contribution in [2.45, 2.75) is 31.3 Å². The summed E-state index contributed by atoms with van der Waals surface area (Å²) in [5, 5.41) is 2.13. The molecular formula is C17H22N4OS. The van der Waals surface area contributed by atoms with E-state index in [9.17, 15) is 4.79 Å². The quantitative estimate of drug-likeness (QED) is 0.863. The van der Waals surface area contributed by atoms with Crippen LogP contribution in [0.2, 0.25) is 0 Å². The van der Waals surface area contributed by atoms with E-state index < -0.39 is 5.54 Å². The Morgan fingerprint density at radius 3 is 2.65 bits per heavy atom. The van der Waals surface area contributed by atoms with E-state index in [1.54, 1.807) is 17.5 Å². The van der Waals surface area contributed by atoms with Gasteiger partial charge in [0, 0.05) is 50.0 Å². The minimum Gasteiger partial charge on any atom is -0.341 e. The summed E-state index contributed by atoms with van der Waals surface area (Å²) < 4.78 is 2.05. The van der Waals surface area contributed by atoms with Crippen molar-refractivity contribution in [3.63, 3.8) is 0 Å². The van der Waals surface area contributed by atoms with Gasteiger partial charge < -0.3 is 9.47 Å². The summed E-state index contributed by atoms with van der Waals surface area (Å²) in [5.74, 6) is 0.289. The van der Waals surface area contributed by atoms with Crippen LogP contribution in [0, 0.1) is 0 Å². The maximum Gasteiger partial charge on any atom is 0.248 e. The third kappa shape index (κ3) is 2.70. The number of carbonyl (C=O) groups excluding carboxylic acids is 1. The van der Waals surface area contributed by atoms with Crippen molar-refractivity contribution in [1.82, 2.24) is 19.4 Å². The van der Waals surface area contributed by atoms with Gasteiger partial charge in [0.15, 0.2) is 0 Å². The minimum absolute atomic E-state index is 0.289. The Morgan fingerprint density at radius 1 is 1.26 bits per heavy atom. The molecule has 5 nitrogen and oxygen atoms in total. The number of hydrogen-bond acceptors (Lipinski definition) is 4. The predicted octanol–water partition coefficient (Wildman–Crippen LogP) is 2.17. The Labute approximate surface area is 140 Å². The van der Waals surface area contributed by atoms with Crippen molar-refractivity contribution in [2.75, 3.05) is 26.2 Å². The van der Waals surface area contributed by atoms with E-state index in [4.69, 9.17) is 0 Å². The van der Waals surface area contributed by atoms with Crippen LogP contribution in [0.25, 0.3) is 0 Å². The highest BCUT2D eigenvalue weighted by Crippen LogP contribution is 2.34. The minimum atomic E-state index is -0.428. The Hall–Kier alpha value is -1.66. The molecule has 2 saturated heterocycles. The highest BCUT2D eigenvalue weighted by molar-refractivity contribution is 7.09. The van der Waals surface area contributed by atoms with E-state index in [0.717, 1.165) is 52.0 Å². The molecule has 1 amide bonds. The van der Waals surface area contributed by atoms with E-state index in [0.29, 0.717) is 0 Å². The number of imidazole rings is 1. The first-order valence-electron chi connectivity index (χ1n) is 8.30. The summed E-state index contributed by atoms with van der Waals surface area (Å²) in [6.45, 7) is 4.73. The number of likely N-dealkylation sites (tertiary alicyclic amines) is 2. The highest BCUT2D eigenvalue weighted by atomic mass is 32.1. The largest absolute Gasteiger partial charge is 0.341 e. The number of amides is 1. The van der Waals surface area contributed by atoms with Gasteiger partial charge in [-0.1, -0.05) is 6.07 Å². The molecule has 0 N–H and O–H groups in total. The monoisotopic (exact) mass is 330 g/mol. The van der Waals surface area contributed by atoms with Crippen LogP contribution in [-0.2, 0) is 16.9 Å². The zero-order valence-electron chi connectivity index (χ0n) is 13.2. The molecule has 4 heterocycles. The van der Waals surface area contributed by atoms with Gasteiger partial charge in [-0.2, -0.15) is 0 Å². The van der Waals surface area contributed by atoms with Gasteiger partial charge in [0.25, 0.3) is 0 Å². The Balaban J connectivity index is 1.51. The Bertz CT molecular complexity index is 640. The van der Waals surface area contributed by atoms with Crippen LogP contribution < -0.4 is 0 Å². The summed E-state index contributed by atoms with van der Waals surface area (Å²) >= 11 is 1.81. The van der Waals surface area contributed by atoms with Gasteiger partial charge in [-0.15, -0.1) is 11.3 Å². The molecule has 122 valence electrons. The number of piperidine rings is 1. The Morgan fingerprint density at radius 2 is 2.09 bits per heavy atom. The lowest BCUT2D eigenvalue weighted by Crippen LogP contribution is -2.58. The molecule has 2 aromatic heterocycles. The lowest BCUT2D eigenvalue weighted by Gasteiger charge is -2.46. The molecule has 2 aliphatic heterocycles. The summed E-state index contributed by atoms with van der Waals surface area (Å²) in [4.78, 5) is 23.1. The molecule has 0 saturated carbocycles. The summed E-state index contributed by atoms with van der Waals surface area (Å²) in [6, 6.07) is 4.29. The van der Waals surface area contributed by atoms with Crippen LogP contribution in [0.1, 0.15) is 24.1 Å². The lowest BCUT2D eigenvalue weighted by molar-refractivity contribution is -0.147. The molecule has 4 rings (SSSR count). The van der Waals surface area contributed by atoms with Gasteiger partial charge in [-0.25, -0.2) is 4.98 Å². The number of hydrogen-bond donors (Lipinski definition) is 0. The Kier molecular flexibility index (Phi) is 3.95. The van der Waals surface area contributed by atoms with Crippen molar-refractivity contribution in [3.05, 3.63) is 41.1 Å². The summed E-state index contributed by atoms with van der Waals surface area (Å²) in [5.41, 5.74) is -0.428. The fourth-order valence-electron chi connectivity index (χ4n) is 3.61. The zero-order chi connectivity index (χ0) is 15.7. The van der Waals surface area contributed by atoms with Crippen LogP contribution in [0.15, 0.2) is 36.2 Å². The van der Waals surface area contributed by atoms with Crippen molar-refractivity contribution in [3.8, 4) is 0 Å². The molecule has 0 atom stereocenters. The standard InChI is InChI=1S/C17H22N4OS/c22-16(20-7-2-8-20)17(21-11-6-18-14-21)4-9-19(10-5-17)13-15-3-1-12-23-15/h1,3,6,11-12,14H,2,4-5,7-10,13H2. The molecule has 0 aromatic carbocycles. The van der Waals surface area contributed by atoms with Crippen molar-refractivity contribution >= 4 is 17.2 Å². The number of carbonyl (C=O) groups is 1. The van der Waals surface area contributed by atoms with E-state index in [1.807, 2.05) is 17.4 Å². The second-order valence-corrected chi connectivity index (χ2v) is 7.54. The first-order valence-corrected chi connectivity index (χ1v) is 9.18. The van der Waals surface area contributed by atoms with E-state index >= 15 is 0 Å². The molecule has 0 aliphatic carbocycles. The van der Waals surface area contributed by atoms with Crippen molar-refractivity contribution < 1.29 is 4.79 Å². The number of aromatic nitrogens is 2. The molecule has 2 aliphatic rings. The second-order valence-electron chi connectivity index (χ2n) is 6.50.